The normalized spacial score (nSPS) is 10.3. The van der Waals surface area contributed by atoms with Crippen LogP contribution in [0.2, 0.25) is 0 Å². The van der Waals surface area contributed by atoms with E-state index in [2.05, 4.69) is 15.6 Å². The fourth-order valence-corrected chi connectivity index (χ4v) is 1.35. The van der Waals surface area contributed by atoms with Gasteiger partial charge >= 0.3 is 0 Å². The molecule has 0 saturated heterocycles. The van der Waals surface area contributed by atoms with Crippen LogP contribution in [0.15, 0.2) is 30.5 Å². The number of benzene rings is 1. The third-order valence-electron chi connectivity index (χ3n) is 2.21. The van der Waals surface area contributed by atoms with Crippen LogP contribution in [-0.4, -0.2) is 39.2 Å². The number of nitrogens with zero attached hydrogens (tertiary/aromatic N) is 3. The van der Waals surface area contributed by atoms with Crippen LogP contribution in [0.5, 0.6) is 0 Å². The molecule has 0 fully saturated rings. The van der Waals surface area contributed by atoms with Crippen LogP contribution in [-0.2, 0) is 0 Å². The Morgan fingerprint density at radius 2 is 2.11 bits per heavy atom. The van der Waals surface area contributed by atoms with E-state index >= 15 is 0 Å². The van der Waals surface area contributed by atoms with Crippen molar-refractivity contribution in [3.05, 3.63) is 42.0 Å². The van der Waals surface area contributed by atoms with Crippen molar-refractivity contribution in [3.8, 4) is 5.69 Å². The van der Waals surface area contributed by atoms with E-state index < -0.39 is 5.91 Å². The first-order chi connectivity index (χ1) is 8.70. The zero-order valence-corrected chi connectivity index (χ0v) is 9.38. The van der Waals surface area contributed by atoms with E-state index in [4.69, 9.17) is 5.11 Å². The van der Waals surface area contributed by atoms with Crippen LogP contribution in [0.4, 0.5) is 4.39 Å². The minimum absolute atomic E-state index is 0.132. The lowest BCUT2D eigenvalue weighted by molar-refractivity contribution is 0.0939. The number of aliphatic hydroxyl groups is 1. The van der Waals surface area contributed by atoms with Crippen molar-refractivity contribution in [3.63, 3.8) is 0 Å². The Labute approximate surface area is 102 Å². The topological polar surface area (TPSA) is 80.0 Å². The SMILES string of the molecule is O=C(NCCO)c1cn(-c2ccc(F)cc2)nn1. The van der Waals surface area contributed by atoms with E-state index in [0.717, 1.165) is 0 Å². The van der Waals surface area contributed by atoms with Crippen molar-refractivity contribution in [2.24, 2.45) is 0 Å². The van der Waals surface area contributed by atoms with Gasteiger partial charge in [-0.15, -0.1) is 5.10 Å². The maximum absolute atomic E-state index is 12.7. The molecule has 0 saturated carbocycles. The predicted octanol–water partition coefficient (Wildman–Crippen LogP) is 0.128. The molecule has 1 heterocycles. The molecular weight excluding hydrogens is 239 g/mol. The van der Waals surface area contributed by atoms with Gasteiger partial charge in [0.1, 0.15) is 5.82 Å². The molecule has 0 unspecified atom stereocenters. The first-order valence-electron chi connectivity index (χ1n) is 5.28. The summed E-state index contributed by atoms with van der Waals surface area (Å²) in [5.41, 5.74) is 0.734. The monoisotopic (exact) mass is 250 g/mol. The number of hydrogen-bond acceptors (Lipinski definition) is 4. The zero-order chi connectivity index (χ0) is 13.0. The molecule has 2 N–H and O–H groups in total. The van der Waals surface area contributed by atoms with Crippen molar-refractivity contribution < 1.29 is 14.3 Å². The average molecular weight is 250 g/mol. The molecule has 1 amide bonds. The van der Waals surface area contributed by atoms with Crippen LogP contribution < -0.4 is 5.32 Å². The van der Waals surface area contributed by atoms with Gasteiger partial charge in [0.25, 0.3) is 5.91 Å². The molecule has 6 nitrogen and oxygen atoms in total. The summed E-state index contributed by atoms with van der Waals surface area (Å²) in [5.74, 6) is -0.766. The van der Waals surface area contributed by atoms with Crippen LogP contribution in [0.1, 0.15) is 10.5 Å². The lowest BCUT2D eigenvalue weighted by Crippen LogP contribution is -2.26. The molecule has 0 spiro atoms. The van der Waals surface area contributed by atoms with Crippen LogP contribution >= 0.6 is 0 Å². The van der Waals surface area contributed by atoms with E-state index in [1.807, 2.05) is 0 Å². The number of amides is 1. The Morgan fingerprint density at radius 1 is 1.39 bits per heavy atom. The van der Waals surface area contributed by atoms with Gasteiger partial charge in [0.15, 0.2) is 5.69 Å². The van der Waals surface area contributed by atoms with Gasteiger partial charge in [-0.1, -0.05) is 5.21 Å². The molecule has 0 aliphatic carbocycles. The van der Waals surface area contributed by atoms with Crippen molar-refractivity contribution in [2.45, 2.75) is 0 Å². The number of halogens is 1. The van der Waals surface area contributed by atoms with Gasteiger partial charge in [-0.2, -0.15) is 0 Å². The lowest BCUT2D eigenvalue weighted by Gasteiger charge is -1.99. The third-order valence-corrected chi connectivity index (χ3v) is 2.21. The molecule has 18 heavy (non-hydrogen) atoms. The van der Waals surface area contributed by atoms with Crippen LogP contribution in [0, 0.1) is 5.82 Å². The molecule has 0 bridgehead atoms. The number of carbonyl (C=O) groups excluding carboxylic acids is 1. The van der Waals surface area contributed by atoms with Gasteiger partial charge in [-0.05, 0) is 24.3 Å². The van der Waals surface area contributed by atoms with E-state index in [1.54, 1.807) is 0 Å². The van der Waals surface area contributed by atoms with Crippen molar-refractivity contribution in [2.75, 3.05) is 13.2 Å². The van der Waals surface area contributed by atoms with Crippen molar-refractivity contribution in [1.29, 1.82) is 0 Å². The average Bonchev–Trinajstić information content (AvgIpc) is 2.86. The van der Waals surface area contributed by atoms with Gasteiger partial charge in [0, 0.05) is 6.54 Å². The largest absolute Gasteiger partial charge is 0.395 e. The van der Waals surface area contributed by atoms with Gasteiger partial charge in [0.05, 0.1) is 18.5 Å². The molecule has 1 aromatic heterocycles. The lowest BCUT2D eigenvalue weighted by atomic mass is 10.3. The maximum Gasteiger partial charge on any atom is 0.273 e. The summed E-state index contributed by atoms with van der Waals surface area (Å²) in [6, 6.07) is 5.64. The highest BCUT2D eigenvalue weighted by atomic mass is 19.1. The first kappa shape index (κ1) is 12.2. The second-order valence-electron chi connectivity index (χ2n) is 3.50. The van der Waals surface area contributed by atoms with Gasteiger partial charge < -0.3 is 10.4 Å². The fourth-order valence-electron chi connectivity index (χ4n) is 1.35. The standard InChI is InChI=1S/C11H11FN4O2/c12-8-1-3-9(4-2-8)16-7-10(14-15-16)11(18)13-5-6-17/h1-4,7,17H,5-6H2,(H,13,18). The number of nitrogens with one attached hydrogen (secondary N) is 1. The fraction of sp³-hybridized carbons (Fsp3) is 0.182. The molecule has 2 rings (SSSR count). The number of carbonyl (C=O) groups is 1. The molecule has 0 atom stereocenters. The predicted molar refractivity (Wildman–Crippen MR) is 60.7 cm³/mol. The van der Waals surface area contributed by atoms with E-state index in [1.165, 1.54) is 35.1 Å². The molecule has 94 valence electrons. The Balaban J connectivity index is 2.15. The molecule has 2 aromatic rings. The number of hydrogen-bond donors (Lipinski definition) is 2. The summed E-state index contributed by atoms with van der Waals surface area (Å²) in [6.07, 6.45) is 1.43. The highest BCUT2D eigenvalue weighted by molar-refractivity contribution is 5.91. The molecule has 0 aliphatic heterocycles. The number of aromatic nitrogens is 3. The summed E-state index contributed by atoms with van der Waals surface area (Å²) >= 11 is 0. The highest BCUT2D eigenvalue weighted by Crippen LogP contribution is 2.07. The van der Waals surface area contributed by atoms with Gasteiger partial charge in [0.2, 0.25) is 0 Å². The Morgan fingerprint density at radius 3 is 2.78 bits per heavy atom. The molecule has 1 aromatic carbocycles. The Bertz CT molecular complexity index is 538. The van der Waals surface area contributed by atoms with E-state index in [9.17, 15) is 9.18 Å². The van der Waals surface area contributed by atoms with E-state index in [0.29, 0.717) is 5.69 Å². The van der Waals surface area contributed by atoms with Crippen molar-refractivity contribution in [1.82, 2.24) is 20.3 Å². The zero-order valence-electron chi connectivity index (χ0n) is 9.38. The Kier molecular flexibility index (Phi) is 3.63. The quantitative estimate of drug-likeness (QED) is 0.808. The second kappa shape index (κ2) is 5.37. The minimum Gasteiger partial charge on any atom is -0.395 e. The molecule has 0 radical (unpaired) electrons. The highest BCUT2D eigenvalue weighted by Gasteiger charge is 2.10. The maximum atomic E-state index is 12.7. The summed E-state index contributed by atoms with van der Waals surface area (Å²) in [5, 5.41) is 18.5. The smallest absolute Gasteiger partial charge is 0.273 e. The minimum atomic E-state index is -0.419. The number of aliphatic hydroxyl groups excluding tert-OH is 1. The second-order valence-corrected chi connectivity index (χ2v) is 3.50. The van der Waals surface area contributed by atoms with Crippen molar-refractivity contribution >= 4 is 5.91 Å². The third kappa shape index (κ3) is 2.69. The summed E-state index contributed by atoms with van der Waals surface area (Å²) < 4.78 is 14.1. The summed E-state index contributed by atoms with van der Waals surface area (Å²) in [6.45, 7) is 0.0140. The number of rotatable bonds is 4. The molecular formula is C11H11FN4O2. The molecule has 0 aliphatic rings. The Hall–Kier alpha value is -2.28. The van der Waals surface area contributed by atoms with Crippen LogP contribution in [0.3, 0.4) is 0 Å². The first-order valence-corrected chi connectivity index (χ1v) is 5.28. The summed E-state index contributed by atoms with van der Waals surface area (Å²) in [4.78, 5) is 11.5. The van der Waals surface area contributed by atoms with E-state index in [-0.39, 0.29) is 24.7 Å². The van der Waals surface area contributed by atoms with Gasteiger partial charge in [-0.3, -0.25) is 4.79 Å². The van der Waals surface area contributed by atoms with Crippen LogP contribution in [0.25, 0.3) is 5.69 Å². The molecule has 7 heteroatoms. The van der Waals surface area contributed by atoms with Gasteiger partial charge in [-0.25, -0.2) is 9.07 Å². The summed E-state index contributed by atoms with van der Waals surface area (Å²) in [7, 11) is 0.